The van der Waals surface area contributed by atoms with Crippen LogP contribution in [0.1, 0.15) is 37.3 Å². The van der Waals surface area contributed by atoms with Gasteiger partial charge in [0.15, 0.2) is 11.6 Å². The maximum absolute atomic E-state index is 13.6. The van der Waals surface area contributed by atoms with Crippen molar-refractivity contribution in [3.8, 4) is 5.75 Å². The first-order valence-electron chi connectivity index (χ1n) is 6.56. The largest absolute Gasteiger partial charge is 0.490 e. The van der Waals surface area contributed by atoms with Crippen LogP contribution in [0.15, 0.2) is 18.2 Å². The van der Waals surface area contributed by atoms with Crippen molar-refractivity contribution in [2.75, 3.05) is 6.61 Å². The molecule has 0 spiro atoms. The van der Waals surface area contributed by atoms with E-state index in [0.29, 0.717) is 24.2 Å². The molecule has 0 bridgehead atoms. The highest BCUT2D eigenvalue weighted by molar-refractivity contribution is 6.13. The van der Waals surface area contributed by atoms with Crippen molar-refractivity contribution >= 4 is 11.8 Å². The van der Waals surface area contributed by atoms with E-state index in [2.05, 4.69) is 4.84 Å². The molecule has 98 valence electrons. The third-order valence-electron chi connectivity index (χ3n) is 3.70. The van der Waals surface area contributed by atoms with Crippen LogP contribution in [0, 0.1) is 17.7 Å². The van der Waals surface area contributed by atoms with Gasteiger partial charge in [-0.15, -0.1) is 0 Å². The van der Waals surface area contributed by atoms with Crippen LogP contribution in [-0.4, -0.2) is 6.61 Å². The summed E-state index contributed by atoms with van der Waals surface area (Å²) in [5, 5.41) is 0. The van der Waals surface area contributed by atoms with Crippen molar-refractivity contribution in [1.29, 1.82) is 0 Å². The zero-order valence-corrected chi connectivity index (χ0v) is 10.9. The lowest BCUT2D eigenvalue weighted by Gasteiger charge is -2.16. The second-order valence-corrected chi connectivity index (χ2v) is 5.59. The molecule has 1 atom stereocenters. The van der Waals surface area contributed by atoms with Crippen LogP contribution in [0.2, 0.25) is 0 Å². The van der Waals surface area contributed by atoms with Gasteiger partial charge in [-0.1, -0.05) is 6.07 Å². The predicted molar refractivity (Wildman–Crippen MR) is 69.1 cm³/mol. The highest BCUT2D eigenvalue weighted by Gasteiger charge is 2.32. The van der Waals surface area contributed by atoms with E-state index in [1.807, 2.05) is 0 Å². The highest BCUT2D eigenvalue weighted by atomic mass is 35.5. The molecular weight excluding hydrogens is 253 g/mol. The van der Waals surface area contributed by atoms with Crippen molar-refractivity contribution in [2.45, 2.75) is 31.7 Å². The van der Waals surface area contributed by atoms with E-state index < -0.39 is 0 Å². The van der Waals surface area contributed by atoms with E-state index in [1.165, 1.54) is 31.7 Å². The summed E-state index contributed by atoms with van der Waals surface area (Å²) in [6.45, 7) is 0.628. The van der Waals surface area contributed by atoms with Gasteiger partial charge in [-0.2, -0.15) is 0 Å². The second kappa shape index (κ2) is 5.06. The molecule has 0 aliphatic heterocycles. The topological polar surface area (TPSA) is 21.3 Å². The maximum atomic E-state index is 13.6. The highest BCUT2D eigenvalue weighted by Crippen LogP contribution is 2.42. The van der Waals surface area contributed by atoms with E-state index in [1.54, 1.807) is 12.1 Å². The first-order valence-corrected chi connectivity index (χ1v) is 6.94. The minimum Gasteiger partial charge on any atom is -0.490 e. The fraction of sp³-hybridized carbons (Fsp3) is 0.571. The number of nitrogens with one attached hydrogen (secondary N) is 1. The van der Waals surface area contributed by atoms with Gasteiger partial charge < -0.3 is 4.74 Å². The van der Waals surface area contributed by atoms with Crippen LogP contribution in [0.5, 0.6) is 5.75 Å². The Morgan fingerprint density at radius 3 is 2.72 bits per heavy atom. The monoisotopic (exact) mass is 269 g/mol. The lowest BCUT2D eigenvalue weighted by atomic mass is 10.0. The summed E-state index contributed by atoms with van der Waals surface area (Å²) in [4.78, 5) is 2.80. The summed E-state index contributed by atoms with van der Waals surface area (Å²) >= 11 is 5.78. The molecule has 0 aromatic heterocycles. The molecule has 3 rings (SSSR count). The van der Waals surface area contributed by atoms with E-state index in [-0.39, 0.29) is 11.9 Å². The first kappa shape index (κ1) is 12.2. The number of hydrogen-bond donors (Lipinski definition) is 1. The number of halogens is 2. The molecule has 1 aromatic carbocycles. The van der Waals surface area contributed by atoms with Gasteiger partial charge in [-0.25, -0.2) is 9.23 Å². The molecule has 18 heavy (non-hydrogen) atoms. The number of ether oxygens (including phenoxy) is 1. The molecule has 2 saturated carbocycles. The third-order valence-corrected chi connectivity index (χ3v) is 3.93. The second-order valence-electron chi connectivity index (χ2n) is 5.37. The quantitative estimate of drug-likeness (QED) is 0.793. The Balaban J connectivity index is 1.74. The van der Waals surface area contributed by atoms with Crippen LogP contribution < -0.4 is 9.57 Å². The summed E-state index contributed by atoms with van der Waals surface area (Å²) in [5.74, 6) is 1.27. The Morgan fingerprint density at radius 1 is 1.33 bits per heavy atom. The molecule has 1 N–H and O–H groups in total. The van der Waals surface area contributed by atoms with E-state index in [0.717, 1.165) is 5.56 Å². The summed E-state index contributed by atoms with van der Waals surface area (Å²) in [7, 11) is 0. The molecule has 2 aliphatic rings. The maximum Gasteiger partial charge on any atom is 0.165 e. The zero-order chi connectivity index (χ0) is 12.5. The smallest absolute Gasteiger partial charge is 0.165 e. The van der Waals surface area contributed by atoms with Crippen molar-refractivity contribution in [3.05, 3.63) is 29.6 Å². The van der Waals surface area contributed by atoms with Gasteiger partial charge in [0.2, 0.25) is 0 Å². The number of rotatable bonds is 6. The predicted octanol–water partition coefficient (Wildman–Crippen LogP) is 3.81. The fourth-order valence-corrected chi connectivity index (χ4v) is 2.47. The molecule has 0 amide bonds. The average Bonchev–Trinajstić information content (AvgIpc) is 3.24. The van der Waals surface area contributed by atoms with Gasteiger partial charge in [-0.3, -0.25) is 0 Å². The van der Waals surface area contributed by atoms with Crippen molar-refractivity contribution < 1.29 is 9.13 Å². The minimum atomic E-state index is -0.288. The van der Waals surface area contributed by atoms with Crippen LogP contribution in [-0.2, 0) is 0 Å². The van der Waals surface area contributed by atoms with Gasteiger partial charge in [0.25, 0.3) is 0 Å². The number of hydrogen-bond acceptors (Lipinski definition) is 2. The zero-order valence-electron chi connectivity index (χ0n) is 10.2. The molecule has 2 nitrogen and oxygen atoms in total. The molecule has 2 fully saturated rings. The Labute approximate surface area is 112 Å². The Bertz CT molecular complexity index is 432. The minimum absolute atomic E-state index is 0.107. The molecule has 0 saturated heterocycles. The first-order chi connectivity index (χ1) is 8.78. The third kappa shape index (κ3) is 2.78. The molecule has 0 radical (unpaired) electrons. The lowest BCUT2D eigenvalue weighted by molar-refractivity contribution is 0.284. The molecule has 2 aliphatic carbocycles. The summed E-state index contributed by atoms with van der Waals surface area (Å²) in [6.07, 6.45) is 4.77. The van der Waals surface area contributed by atoms with Gasteiger partial charge >= 0.3 is 0 Å². The van der Waals surface area contributed by atoms with Gasteiger partial charge in [0.05, 0.1) is 6.61 Å². The standard InChI is InChI=1S/C14H17ClFNO/c15-17-14(10-3-4-10)11-5-6-12(16)13(7-11)18-8-9-1-2-9/h5-7,9-10,14,17H,1-4,8H2/t14-/m1/s1. The van der Waals surface area contributed by atoms with E-state index in [9.17, 15) is 4.39 Å². The molecule has 0 unspecified atom stereocenters. The lowest BCUT2D eigenvalue weighted by Crippen LogP contribution is -2.14. The molecular formula is C14H17ClFNO. The Kier molecular flexibility index (Phi) is 3.44. The molecule has 4 heteroatoms. The Morgan fingerprint density at radius 2 is 2.11 bits per heavy atom. The summed E-state index contributed by atoms with van der Waals surface area (Å²) in [5.41, 5.74) is 1.01. The summed E-state index contributed by atoms with van der Waals surface area (Å²) in [6, 6.07) is 5.16. The normalized spacial score (nSPS) is 20.8. The van der Waals surface area contributed by atoms with Crippen LogP contribution in [0.25, 0.3) is 0 Å². The van der Waals surface area contributed by atoms with Gasteiger partial charge in [-0.05, 0) is 67.0 Å². The average molecular weight is 270 g/mol. The van der Waals surface area contributed by atoms with E-state index >= 15 is 0 Å². The number of benzene rings is 1. The van der Waals surface area contributed by atoms with Gasteiger partial charge in [0, 0.05) is 6.04 Å². The van der Waals surface area contributed by atoms with Crippen molar-refractivity contribution in [2.24, 2.45) is 11.8 Å². The van der Waals surface area contributed by atoms with Crippen LogP contribution in [0.4, 0.5) is 4.39 Å². The van der Waals surface area contributed by atoms with Crippen LogP contribution >= 0.6 is 11.8 Å². The van der Waals surface area contributed by atoms with Crippen molar-refractivity contribution in [3.63, 3.8) is 0 Å². The van der Waals surface area contributed by atoms with E-state index in [4.69, 9.17) is 16.5 Å². The SMILES string of the molecule is Fc1ccc([C@H](NCl)C2CC2)cc1OCC1CC1. The fourth-order valence-electron chi connectivity index (χ4n) is 2.17. The molecule has 0 heterocycles. The summed E-state index contributed by atoms with van der Waals surface area (Å²) < 4.78 is 19.2. The van der Waals surface area contributed by atoms with Gasteiger partial charge in [0.1, 0.15) is 0 Å². The molecule has 1 aromatic rings. The van der Waals surface area contributed by atoms with Crippen LogP contribution in [0.3, 0.4) is 0 Å². The van der Waals surface area contributed by atoms with Crippen molar-refractivity contribution in [1.82, 2.24) is 4.84 Å². The Hall–Kier alpha value is -0.800.